The lowest BCUT2D eigenvalue weighted by molar-refractivity contribution is -0.123. The summed E-state index contributed by atoms with van der Waals surface area (Å²) in [5.41, 5.74) is 0.821. The van der Waals surface area contributed by atoms with Gasteiger partial charge in [0, 0.05) is 23.7 Å². The molecule has 0 saturated carbocycles. The minimum Gasteiger partial charge on any atom is -0.496 e. The molecule has 1 aromatic carbocycles. The number of β-amino-alcohol motifs (C(OH)–C–C–N with tert-alkyl or cyclic N) is 1. The Morgan fingerprint density at radius 1 is 1.63 bits per heavy atom. The van der Waals surface area contributed by atoms with E-state index in [4.69, 9.17) is 16.3 Å². The highest BCUT2D eigenvalue weighted by Crippen LogP contribution is 2.22. The zero-order chi connectivity index (χ0) is 13.8. The van der Waals surface area contributed by atoms with E-state index in [2.05, 4.69) is 10.6 Å². The summed E-state index contributed by atoms with van der Waals surface area (Å²) in [7, 11) is 1.57. The van der Waals surface area contributed by atoms with Crippen LogP contribution in [0.5, 0.6) is 5.75 Å². The number of carbonyl (C=O) groups is 1. The van der Waals surface area contributed by atoms with Gasteiger partial charge in [-0.25, -0.2) is 0 Å². The van der Waals surface area contributed by atoms with E-state index < -0.39 is 6.10 Å². The summed E-state index contributed by atoms with van der Waals surface area (Å²) >= 11 is 5.92. The van der Waals surface area contributed by atoms with Gasteiger partial charge in [0.15, 0.2) is 0 Å². The van der Waals surface area contributed by atoms with E-state index in [1.165, 1.54) is 0 Å². The number of methoxy groups -OCH3 is 1. The first-order chi connectivity index (χ1) is 9.10. The quantitative estimate of drug-likeness (QED) is 0.761. The van der Waals surface area contributed by atoms with E-state index >= 15 is 0 Å². The van der Waals surface area contributed by atoms with Crippen molar-refractivity contribution < 1.29 is 14.6 Å². The minimum atomic E-state index is -0.448. The van der Waals surface area contributed by atoms with Gasteiger partial charge in [0.1, 0.15) is 5.75 Å². The van der Waals surface area contributed by atoms with Crippen LogP contribution in [-0.4, -0.2) is 36.8 Å². The summed E-state index contributed by atoms with van der Waals surface area (Å²) in [5.74, 6) is 0.558. The lowest BCUT2D eigenvalue weighted by Gasteiger charge is -2.13. The molecule has 1 heterocycles. The molecule has 1 saturated heterocycles. The average Bonchev–Trinajstić information content (AvgIpc) is 2.83. The zero-order valence-electron chi connectivity index (χ0n) is 10.6. The van der Waals surface area contributed by atoms with Crippen molar-refractivity contribution in [1.29, 1.82) is 0 Å². The highest BCUT2D eigenvalue weighted by molar-refractivity contribution is 6.30. The van der Waals surface area contributed by atoms with E-state index in [0.29, 0.717) is 30.3 Å². The lowest BCUT2D eigenvalue weighted by Crippen LogP contribution is -2.40. The number of aliphatic hydroxyl groups is 1. The molecule has 0 aromatic heterocycles. The molecule has 5 nitrogen and oxygen atoms in total. The van der Waals surface area contributed by atoms with Crippen molar-refractivity contribution in [2.24, 2.45) is 0 Å². The molecule has 0 unspecified atom stereocenters. The fourth-order valence-electron chi connectivity index (χ4n) is 2.11. The predicted molar refractivity (Wildman–Crippen MR) is 72.3 cm³/mol. The molecule has 104 valence electrons. The Bertz CT molecular complexity index is 467. The van der Waals surface area contributed by atoms with Crippen LogP contribution in [-0.2, 0) is 11.3 Å². The number of aliphatic hydroxyl groups excluding tert-OH is 1. The summed E-state index contributed by atoms with van der Waals surface area (Å²) in [5, 5.41) is 15.7. The van der Waals surface area contributed by atoms with Crippen molar-refractivity contribution in [2.45, 2.75) is 25.1 Å². The van der Waals surface area contributed by atoms with Crippen LogP contribution in [0.15, 0.2) is 18.2 Å². The monoisotopic (exact) mass is 284 g/mol. The number of rotatable bonds is 4. The van der Waals surface area contributed by atoms with Gasteiger partial charge in [0.2, 0.25) is 5.91 Å². The maximum atomic E-state index is 11.9. The first kappa shape index (κ1) is 14.1. The number of hydrogen-bond donors (Lipinski definition) is 3. The second-order valence-electron chi connectivity index (χ2n) is 4.52. The number of carbonyl (C=O) groups excluding carboxylic acids is 1. The van der Waals surface area contributed by atoms with Gasteiger partial charge in [0.25, 0.3) is 0 Å². The molecule has 1 amide bonds. The Hall–Kier alpha value is -1.30. The Kier molecular flexibility index (Phi) is 4.63. The van der Waals surface area contributed by atoms with Crippen LogP contribution < -0.4 is 15.4 Å². The van der Waals surface area contributed by atoms with Crippen molar-refractivity contribution in [3.05, 3.63) is 28.8 Å². The van der Waals surface area contributed by atoms with E-state index in [9.17, 15) is 9.90 Å². The standard InChI is InChI=1S/C13H17ClN2O3/c1-19-12-3-2-9(14)4-8(12)6-16-13(18)11-5-10(17)7-15-11/h2-4,10-11,15,17H,5-7H2,1H3,(H,16,18)/t10-,11+/m0/s1. The molecule has 3 N–H and O–H groups in total. The summed E-state index contributed by atoms with van der Waals surface area (Å²) < 4.78 is 5.21. The molecular weight excluding hydrogens is 268 g/mol. The molecular formula is C13H17ClN2O3. The van der Waals surface area contributed by atoms with Gasteiger partial charge in [0.05, 0.1) is 19.3 Å². The summed E-state index contributed by atoms with van der Waals surface area (Å²) in [4.78, 5) is 11.9. The Labute approximate surface area is 116 Å². The maximum absolute atomic E-state index is 11.9. The Morgan fingerprint density at radius 2 is 2.42 bits per heavy atom. The van der Waals surface area contributed by atoms with Gasteiger partial charge in [-0.05, 0) is 24.6 Å². The topological polar surface area (TPSA) is 70.6 Å². The summed E-state index contributed by atoms with van der Waals surface area (Å²) in [6.07, 6.45) is -0.00476. The van der Waals surface area contributed by atoms with Crippen LogP contribution in [0.25, 0.3) is 0 Å². The van der Waals surface area contributed by atoms with Gasteiger partial charge in [-0.15, -0.1) is 0 Å². The van der Waals surface area contributed by atoms with Crippen molar-refractivity contribution in [1.82, 2.24) is 10.6 Å². The van der Waals surface area contributed by atoms with Crippen LogP contribution in [0.2, 0.25) is 5.02 Å². The van der Waals surface area contributed by atoms with E-state index in [-0.39, 0.29) is 11.9 Å². The number of amides is 1. The molecule has 19 heavy (non-hydrogen) atoms. The summed E-state index contributed by atoms with van der Waals surface area (Å²) in [6.45, 7) is 0.801. The van der Waals surface area contributed by atoms with Gasteiger partial charge in [-0.3, -0.25) is 4.79 Å². The molecule has 1 aromatic rings. The number of nitrogens with one attached hydrogen (secondary N) is 2. The largest absolute Gasteiger partial charge is 0.496 e. The van der Waals surface area contributed by atoms with Crippen LogP contribution in [0.4, 0.5) is 0 Å². The zero-order valence-corrected chi connectivity index (χ0v) is 11.4. The Balaban J connectivity index is 1.95. The molecule has 2 atom stereocenters. The molecule has 6 heteroatoms. The molecule has 1 aliphatic rings. The van der Waals surface area contributed by atoms with Gasteiger partial charge in [-0.2, -0.15) is 0 Å². The third-order valence-corrected chi connectivity index (χ3v) is 3.35. The molecule has 1 fully saturated rings. The van der Waals surface area contributed by atoms with Gasteiger partial charge >= 0.3 is 0 Å². The smallest absolute Gasteiger partial charge is 0.237 e. The second-order valence-corrected chi connectivity index (χ2v) is 4.96. The fraction of sp³-hybridized carbons (Fsp3) is 0.462. The third kappa shape index (κ3) is 3.59. The van der Waals surface area contributed by atoms with Crippen LogP contribution >= 0.6 is 11.6 Å². The number of benzene rings is 1. The number of hydrogen-bond acceptors (Lipinski definition) is 4. The molecule has 0 radical (unpaired) electrons. The average molecular weight is 285 g/mol. The maximum Gasteiger partial charge on any atom is 0.237 e. The Morgan fingerprint density at radius 3 is 3.05 bits per heavy atom. The van der Waals surface area contributed by atoms with E-state index in [1.54, 1.807) is 25.3 Å². The van der Waals surface area contributed by atoms with Gasteiger partial charge in [-0.1, -0.05) is 11.6 Å². The predicted octanol–water partition coefficient (Wildman–Crippen LogP) is 0.688. The SMILES string of the molecule is COc1ccc(Cl)cc1CNC(=O)[C@H]1C[C@H](O)CN1. The fourth-order valence-corrected chi connectivity index (χ4v) is 2.30. The molecule has 0 spiro atoms. The van der Waals surface area contributed by atoms with Crippen molar-refractivity contribution >= 4 is 17.5 Å². The van der Waals surface area contributed by atoms with E-state index in [1.807, 2.05) is 0 Å². The molecule has 1 aliphatic heterocycles. The van der Waals surface area contributed by atoms with Crippen molar-refractivity contribution in [3.8, 4) is 5.75 Å². The normalized spacial score (nSPS) is 22.3. The lowest BCUT2D eigenvalue weighted by atomic mass is 10.1. The molecule has 0 aliphatic carbocycles. The van der Waals surface area contributed by atoms with Crippen molar-refractivity contribution in [2.75, 3.05) is 13.7 Å². The highest BCUT2D eigenvalue weighted by Gasteiger charge is 2.27. The molecule has 2 rings (SSSR count). The first-order valence-electron chi connectivity index (χ1n) is 6.11. The van der Waals surface area contributed by atoms with Crippen LogP contribution in [0.3, 0.4) is 0 Å². The second kappa shape index (κ2) is 6.23. The van der Waals surface area contributed by atoms with E-state index in [0.717, 1.165) is 5.56 Å². The third-order valence-electron chi connectivity index (χ3n) is 3.12. The van der Waals surface area contributed by atoms with Crippen molar-refractivity contribution in [3.63, 3.8) is 0 Å². The number of halogens is 1. The van der Waals surface area contributed by atoms with Crippen LogP contribution in [0, 0.1) is 0 Å². The van der Waals surface area contributed by atoms with Gasteiger partial charge < -0.3 is 20.5 Å². The highest BCUT2D eigenvalue weighted by atomic mass is 35.5. The van der Waals surface area contributed by atoms with Crippen LogP contribution in [0.1, 0.15) is 12.0 Å². The number of ether oxygens (including phenoxy) is 1. The molecule has 0 bridgehead atoms. The minimum absolute atomic E-state index is 0.126. The first-order valence-corrected chi connectivity index (χ1v) is 6.49. The summed E-state index contributed by atoms with van der Waals surface area (Å²) in [6, 6.07) is 4.93.